The molecule has 2 aliphatic heterocycles. The molecular formula is C98H59NO2. The van der Waals surface area contributed by atoms with E-state index in [-0.39, 0.29) is 0 Å². The second kappa shape index (κ2) is 23.1. The first-order valence-corrected chi connectivity index (χ1v) is 34.6. The van der Waals surface area contributed by atoms with Crippen LogP contribution in [0.4, 0.5) is 0 Å². The van der Waals surface area contributed by atoms with E-state index in [0.717, 1.165) is 61.6 Å². The topological polar surface area (TPSA) is 42.2 Å². The predicted molar refractivity (Wildman–Crippen MR) is 424 cm³/mol. The molecule has 3 heteroatoms. The van der Waals surface area contributed by atoms with Gasteiger partial charge in [0.05, 0.1) is 11.6 Å². The van der Waals surface area contributed by atoms with Crippen LogP contribution in [0.5, 0.6) is 23.0 Å². The summed E-state index contributed by atoms with van der Waals surface area (Å²) < 4.78 is 12.8. The number of fused-ring (bicyclic) bond motifs is 15. The molecule has 19 aromatic rings. The molecule has 0 aliphatic carbocycles. The Morgan fingerprint density at radius 2 is 0.554 bits per heavy atom. The fraction of sp³-hybridized carbons (Fsp3) is 0.0102. The molecule has 2 aliphatic rings. The Bertz CT molecular complexity index is 6750. The van der Waals surface area contributed by atoms with Crippen molar-refractivity contribution in [3.05, 3.63) is 351 Å². The van der Waals surface area contributed by atoms with Crippen LogP contribution in [-0.4, -0.2) is 0 Å². The van der Waals surface area contributed by atoms with E-state index in [1.165, 1.54) is 153 Å². The van der Waals surface area contributed by atoms with E-state index in [2.05, 4.69) is 328 Å². The van der Waals surface area contributed by atoms with Gasteiger partial charge in [-0.2, -0.15) is 5.26 Å². The average Bonchev–Trinajstić information content (AvgIpc) is 0.742. The minimum absolute atomic E-state index is 0.658. The van der Waals surface area contributed by atoms with E-state index >= 15 is 0 Å². The van der Waals surface area contributed by atoms with Gasteiger partial charge in [0.1, 0.15) is 23.0 Å². The molecule has 0 radical (unpaired) electrons. The summed E-state index contributed by atoms with van der Waals surface area (Å²) >= 11 is 0. The van der Waals surface area contributed by atoms with Crippen molar-refractivity contribution >= 4 is 97.0 Å². The fourth-order valence-electron chi connectivity index (χ4n) is 16.5. The minimum atomic E-state index is 0.658. The molecule has 0 atom stereocenters. The number of nitriles is 1. The molecule has 21 rings (SSSR count). The highest BCUT2D eigenvalue weighted by atomic mass is 16.5. The van der Waals surface area contributed by atoms with E-state index < -0.39 is 0 Å². The zero-order valence-electron chi connectivity index (χ0n) is 55.1. The van der Waals surface area contributed by atoms with Gasteiger partial charge in [0.15, 0.2) is 0 Å². The highest BCUT2D eigenvalue weighted by molar-refractivity contribution is 6.26. The van der Waals surface area contributed by atoms with E-state index in [9.17, 15) is 5.26 Å². The summed E-state index contributed by atoms with van der Waals surface area (Å²) in [5.74, 6) is 3.46. The average molecular weight is 1280 g/mol. The van der Waals surface area contributed by atoms with Crippen molar-refractivity contribution in [1.29, 1.82) is 5.26 Å². The summed E-state index contributed by atoms with van der Waals surface area (Å²) in [6.45, 7) is 2.17. The first-order valence-electron chi connectivity index (χ1n) is 34.6. The Labute approximate surface area is 583 Å². The molecule has 0 spiro atoms. The van der Waals surface area contributed by atoms with Gasteiger partial charge in [0, 0.05) is 27.3 Å². The number of rotatable bonds is 6. The Morgan fingerprint density at radius 3 is 1.06 bits per heavy atom. The van der Waals surface area contributed by atoms with Gasteiger partial charge in [-0.25, -0.2) is 0 Å². The molecule has 0 amide bonds. The first kappa shape index (κ1) is 57.8. The van der Waals surface area contributed by atoms with Crippen LogP contribution in [0, 0.1) is 18.3 Å². The number of benzene rings is 19. The van der Waals surface area contributed by atoms with Crippen molar-refractivity contribution in [2.75, 3.05) is 0 Å². The van der Waals surface area contributed by atoms with Gasteiger partial charge >= 0.3 is 0 Å². The SMILES string of the molecule is Cc1ccc2c3c(cccc13)-c1cc(-c3ccc(-c4cc5c6ccccc6c(-c6cccc7ccccc67)cc5c5ccccc45)cc3)ccc1O2.N#Cc1ccc2c3c(cccc13)-c1cc(-c3ccc(-c4cc5c6ccccc6c(-c6ccccc6)cc5c5ccccc45)cc3)ccc1O2. The third-order valence-electron chi connectivity index (χ3n) is 21.3. The highest BCUT2D eigenvalue weighted by Gasteiger charge is 2.25. The minimum Gasteiger partial charge on any atom is -0.456 e. The smallest absolute Gasteiger partial charge is 0.136 e. The largest absolute Gasteiger partial charge is 0.456 e. The van der Waals surface area contributed by atoms with Crippen LogP contribution >= 0.6 is 0 Å². The lowest BCUT2D eigenvalue weighted by Gasteiger charge is -2.22. The maximum Gasteiger partial charge on any atom is 0.136 e. The molecule has 0 saturated carbocycles. The monoisotopic (exact) mass is 1280 g/mol. The molecule has 0 N–H and O–H groups in total. The fourth-order valence-corrected chi connectivity index (χ4v) is 16.5. The van der Waals surface area contributed by atoms with Crippen LogP contribution in [0.1, 0.15) is 11.1 Å². The quantitative estimate of drug-likeness (QED) is 0.156. The third-order valence-corrected chi connectivity index (χ3v) is 21.3. The molecule has 0 unspecified atom stereocenters. The zero-order valence-corrected chi connectivity index (χ0v) is 55.1. The lowest BCUT2D eigenvalue weighted by atomic mass is 9.86. The lowest BCUT2D eigenvalue weighted by molar-refractivity contribution is 0.487. The molecule has 0 bridgehead atoms. The van der Waals surface area contributed by atoms with Crippen molar-refractivity contribution in [1.82, 2.24) is 0 Å². The van der Waals surface area contributed by atoms with Crippen LogP contribution < -0.4 is 9.47 Å². The molecular weight excluding hydrogens is 1220 g/mol. The molecule has 101 heavy (non-hydrogen) atoms. The van der Waals surface area contributed by atoms with Crippen LogP contribution in [0.25, 0.3) is 186 Å². The van der Waals surface area contributed by atoms with E-state index in [1.807, 2.05) is 24.3 Å². The second-order valence-electron chi connectivity index (χ2n) is 26.8. The Hall–Kier alpha value is -13.4. The number of hydrogen-bond acceptors (Lipinski definition) is 3. The number of nitrogens with zero attached hydrogens (tertiary/aromatic N) is 1. The second-order valence-corrected chi connectivity index (χ2v) is 26.8. The summed E-state index contributed by atoms with van der Waals surface area (Å²) in [5, 5.41) is 31.8. The van der Waals surface area contributed by atoms with Crippen LogP contribution in [0.3, 0.4) is 0 Å². The maximum atomic E-state index is 9.72. The predicted octanol–water partition coefficient (Wildman–Crippen LogP) is 27.5. The van der Waals surface area contributed by atoms with Crippen molar-refractivity contribution in [3.63, 3.8) is 0 Å². The van der Waals surface area contributed by atoms with Crippen molar-refractivity contribution in [3.8, 4) is 118 Å². The summed E-state index contributed by atoms with van der Waals surface area (Å²) in [7, 11) is 0. The van der Waals surface area contributed by atoms with E-state index in [4.69, 9.17) is 9.47 Å². The van der Waals surface area contributed by atoms with Crippen LogP contribution in [0.2, 0.25) is 0 Å². The molecule has 2 heterocycles. The van der Waals surface area contributed by atoms with Gasteiger partial charge in [0.25, 0.3) is 0 Å². The summed E-state index contributed by atoms with van der Waals surface area (Å²) in [6.07, 6.45) is 0. The van der Waals surface area contributed by atoms with E-state index in [0.29, 0.717) is 5.56 Å². The summed E-state index contributed by atoms with van der Waals surface area (Å²) in [6, 6.07) is 125. The molecule has 3 nitrogen and oxygen atoms in total. The van der Waals surface area contributed by atoms with Crippen LogP contribution in [-0.2, 0) is 0 Å². The molecule has 0 aromatic heterocycles. The number of hydrogen-bond donors (Lipinski definition) is 0. The summed E-state index contributed by atoms with van der Waals surface area (Å²) in [4.78, 5) is 0. The lowest BCUT2D eigenvalue weighted by Crippen LogP contribution is -1.98. The van der Waals surface area contributed by atoms with Gasteiger partial charge in [0.2, 0.25) is 0 Å². The normalized spacial score (nSPS) is 12.0. The van der Waals surface area contributed by atoms with Crippen molar-refractivity contribution < 1.29 is 9.47 Å². The van der Waals surface area contributed by atoms with E-state index in [1.54, 1.807) is 0 Å². The Balaban J connectivity index is 0.000000136. The Kier molecular flexibility index (Phi) is 13.3. The van der Waals surface area contributed by atoms with Crippen molar-refractivity contribution in [2.24, 2.45) is 0 Å². The number of aryl methyl sites for hydroxylation is 1. The van der Waals surface area contributed by atoms with Crippen molar-refractivity contribution in [2.45, 2.75) is 6.92 Å². The van der Waals surface area contributed by atoms with Gasteiger partial charge in [-0.3, -0.25) is 0 Å². The van der Waals surface area contributed by atoms with Crippen LogP contribution in [0.15, 0.2) is 340 Å². The van der Waals surface area contributed by atoms with Gasteiger partial charge < -0.3 is 9.47 Å². The molecule has 19 aromatic carbocycles. The third kappa shape index (κ3) is 9.34. The van der Waals surface area contributed by atoms with Gasteiger partial charge in [-0.05, 0) is 238 Å². The molecule has 0 fully saturated rings. The van der Waals surface area contributed by atoms with Gasteiger partial charge in [-0.15, -0.1) is 0 Å². The highest BCUT2D eigenvalue weighted by Crippen LogP contribution is 2.52. The summed E-state index contributed by atoms with van der Waals surface area (Å²) in [5.41, 5.74) is 20.9. The standard InChI is InChI=1S/C51H32O.C47H27NO/c1-31-20-26-50-51-36(31)17-9-19-43(51)48-28-35(25-27-49(48)52-50)32-21-23-34(24-22-32)44-29-46-42-16-7-6-15-41(42)45(30-47(46)40-14-5-4-13-39(40)44)38-18-8-11-33-10-2-3-12-37(33)38;48-28-33-22-24-46-47-34(33)15-8-16-39(47)44-25-32(21-23-45(44)49-46)29-17-19-31(20-18-29)41-27-43-37-13-6-4-11-35(37)40(30-9-2-1-3-10-30)26-42(43)38-14-7-5-12-36(38)41/h2-30H,1H3;1-27H. The zero-order chi connectivity index (χ0) is 66.8. The molecule has 468 valence electrons. The number of ether oxygens (including phenoxy) is 2. The Morgan fingerprint density at radius 1 is 0.208 bits per heavy atom. The van der Waals surface area contributed by atoms with Gasteiger partial charge in [-0.1, -0.05) is 273 Å². The molecule has 0 saturated heterocycles. The maximum absolute atomic E-state index is 9.72. The first-order chi connectivity index (χ1) is 49.9.